The molecule has 4 rings (SSSR count). The smallest absolute Gasteiger partial charge is 0.323 e. The van der Waals surface area contributed by atoms with Crippen LogP contribution in [0.15, 0.2) is 108 Å². The Morgan fingerprint density at radius 1 is 0.722 bits per heavy atom. The van der Waals surface area contributed by atoms with Crippen molar-refractivity contribution in [3.63, 3.8) is 0 Å². The zero-order valence-corrected chi connectivity index (χ0v) is 19.4. The van der Waals surface area contributed by atoms with Crippen LogP contribution in [0.4, 0.5) is 27.5 Å². The number of ether oxygens (including phenoxy) is 1. The zero-order valence-electron chi connectivity index (χ0n) is 18.6. The van der Waals surface area contributed by atoms with Crippen LogP contribution in [0.3, 0.4) is 0 Å². The molecular formula is C25H20N4O6S. The van der Waals surface area contributed by atoms with Gasteiger partial charge in [0.1, 0.15) is 17.2 Å². The van der Waals surface area contributed by atoms with Crippen molar-refractivity contribution in [1.82, 2.24) is 0 Å². The molecule has 0 radical (unpaired) electrons. The number of nitrogens with zero attached hydrogens (tertiary/aromatic N) is 1. The van der Waals surface area contributed by atoms with Crippen LogP contribution in [0.2, 0.25) is 0 Å². The monoisotopic (exact) mass is 504 g/mol. The van der Waals surface area contributed by atoms with Gasteiger partial charge in [0.25, 0.3) is 15.7 Å². The summed E-state index contributed by atoms with van der Waals surface area (Å²) in [6.45, 7) is 0. The van der Waals surface area contributed by atoms with Gasteiger partial charge in [-0.05, 0) is 66.7 Å². The summed E-state index contributed by atoms with van der Waals surface area (Å²) in [4.78, 5) is 22.8. The molecule has 0 saturated carbocycles. The highest BCUT2D eigenvalue weighted by molar-refractivity contribution is 7.92. The van der Waals surface area contributed by atoms with Crippen LogP contribution < -0.4 is 20.1 Å². The number of nitro benzene ring substituents is 1. The van der Waals surface area contributed by atoms with E-state index >= 15 is 0 Å². The van der Waals surface area contributed by atoms with E-state index in [1.165, 1.54) is 54.6 Å². The highest BCUT2D eigenvalue weighted by atomic mass is 32.2. The number of carbonyl (C=O) groups excluding carboxylic acids is 1. The number of carbonyl (C=O) groups is 1. The first-order chi connectivity index (χ1) is 17.3. The minimum Gasteiger partial charge on any atom is -0.457 e. The van der Waals surface area contributed by atoms with Gasteiger partial charge in [0.2, 0.25) is 0 Å². The molecular weight excluding hydrogens is 484 g/mol. The number of sulfonamides is 1. The molecule has 0 aliphatic rings. The third-order valence-corrected chi connectivity index (χ3v) is 6.25. The molecule has 2 amide bonds. The van der Waals surface area contributed by atoms with Crippen LogP contribution in [0.1, 0.15) is 0 Å². The molecule has 0 aliphatic heterocycles. The van der Waals surface area contributed by atoms with Gasteiger partial charge in [-0.25, -0.2) is 13.2 Å². The lowest BCUT2D eigenvalue weighted by molar-refractivity contribution is -0.383. The molecule has 3 N–H and O–H groups in total. The summed E-state index contributed by atoms with van der Waals surface area (Å²) in [5.74, 6) is 1.13. The van der Waals surface area contributed by atoms with E-state index in [0.29, 0.717) is 17.2 Å². The van der Waals surface area contributed by atoms with Gasteiger partial charge in [-0.3, -0.25) is 14.8 Å². The number of amides is 2. The fourth-order valence-corrected chi connectivity index (χ4v) is 4.23. The van der Waals surface area contributed by atoms with Crippen LogP contribution in [0, 0.1) is 10.1 Å². The lowest BCUT2D eigenvalue weighted by atomic mass is 10.2. The van der Waals surface area contributed by atoms with Gasteiger partial charge in [0.05, 0.1) is 9.82 Å². The number of rotatable bonds is 8. The van der Waals surface area contributed by atoms with E-state index in [0.717, 1.165) is 0 Å². The number of para-hydroxylation sites is 3. The predicted molar refractivity (Wildman–Crippen MR) is 136 cm³/mol. The summed E-state index contributed by atoms with van der Waals surface area (Å²) in [7, 11) is -3.86. The Morgan fingerprint density at radius 3 is 1.97 bits per heavy atom. The number of hydrogen-bond acceptors (Lipinski definition) is 6. The number of urea groups is 1. The maximum absolute atomic E-state index is 12.7. The molecule has 4 aromatic carbocycles. The average Bonchev–Trinajstić information content (AvgIpc) is 2.86. The Kier molecular flexibility index (Phi) is 7.12. The van der Waals surface area contributed by atoms with Crippen molar-refractivity contribution >= 4 is 38.8 Å². The van der Waals surface area contributed by atoms with Gasteiger partial charge < -0.3 is 15.4 Å². The highest BCUT2D eigenvalue weighted by Gasteiger charge is 2.16. The molecule has 0 unspecified atom stereocenters. The Bertz CT molecular complexity index is 1480. The molecule has 0 spiro atoms. The number of nitrogens with one attached hydrogen (secondary N) is 3. The van der Waals surface area contributed by atoms with Crippen molar-refractivity contribution in [2.24, 2.45) is 0 Å². The normalized spacial score (nSPS) is 10.8. The number of benzene rings is 4. The quantitative estimate of drug-likeness (QED) is 0.204. The van der Waals surface area contributed by atoms with E-state index in [4.69, 9.17) is 4.74 Å². The van der Waals surface area contributed by atoms with E-state index in [9.17, 15) is 23.3 Å². The Morgan fingerprint density at radius 2 is 1.31 bits per heavy atom. The van der Waals surface area contributed by atoms with Gasteiger partial charge in [-0.15, -0.1) is 0 Å². The summed E-state index contributed by atoms with van der Waals surface area (Å²) < 4.78 is 33.6. The summed E-state index contributed by atoms with van der Waals surface area (Å²) in [6.07, 6.45) is 0. The Balaban J connectivity index is 1.37. The molecule has 36 heavy (non-hydrogen) atoms. The molecule has 182 valence electrons. The standard InChI is InChI=1S/C25H20N4O6S/c30-25(27-23-8-4-5-9-24(23)29(31)32)26-18-10-12-19(13-11-18)28-36(33,34)22-16-14-21(15-17-22)35-20-6-2-1-3-7-20/h1-17,28H,(H2,26,27,30). The third kappa shape index (κ3) is 6.15. The van der Waals surface area contributed by atoms with Gasteiger partial charge >= 0.3 is 6.03 Å². The number of anilines is 3. The highest BCUT2D eigenvalue weighted by Crippen LogP contribution is 2.25. The van der Waals surface area contributed by atoms with Crippen LogP contribution in [-0.2, 0) is 10.0 Å². The van der Waals surface area contributed by atoms with Crippen molar-refractivity contribution in [2.75, 3.05) is 15.4 Å². The van der Waals surface area contributed by atoms with E-state index in [1.54, 1.807) is 30.3 Å². The maximum atomic E-state index is 12.7. The van der Waals surface area contributed by atoms with E-state index in [1.807, 2.05) is 18.2 Å². The lowest BCUT2D eigenvalue weighted by Gasteiger charge is -2.11. The molecule has 0 atom stereocenters. The van der Waals surface area contributed by atoms with Crippen molar-refractivity contribution in [1.29, 1.82) is 0 Å². The first kappa shape index (κ1) is 24.2. The number of hydrogen-bond donors (Lipinski definition) is 3. The van der Waals surface area contributed by atoms with E-state index in [2.05, 4.69) is 15.4 Å². The average molecular weight is 505 g/mol. The predicted octanol–water partition coefficient (Wildman–Crippen LogP) is 5.83. The van der Waals surface area contributed by atoms with Crippen LogP contribution in [0.25, 0.3) is 0 Å². The molecule has 0 fully saturated rings. The second-order valence-electron chi connectivity index (χ2n) is 7.42. The minimum atomic E-state index is -3.86. The zero-order chi connectivity index (χ0) is 25.5. The summed E-state index contributed by atoms with van der Waals surface area (Å²) in [5, 5.41) is 16.0. The molecule has 0 bridgehead atoms. The van der Waals surface area contributed by atoms with Crippen LogP contribution in [-0.4, -0.2) is 19.4 Å². The molecule has 0 aliphatic carbocycles. The second-order valence-corrected chi connectivity index (χ2v) is 9.11. The first-order valence-corrected chi connectivity index (χ1v) is 12.1. The fourth-order valence-electron chi connectivity index (χ4n) is 3.17. The van der Waals surface area contributed by atoms with Gasteiger partial charge in [-0.1, -0.05) is 30.3 Å². The lowest BCUT2D eigenvalue weighted by Crippen LogP contribution is -2.20. The molecule has 0 heterocycles. The van der Waals surface area contributed by atoms with Gasteiger partial charge in [-0.2, -0.15) is 0 Å². The van der Waals surface area contributed by atoms with Crippen molar-refractivity contribution < 1.29 is 22.9 Å². The SMILES string of the molecule is O=C(Nc1ccc(NS(=O)(=O)c2ccc(Oc3ccccc3)cc2)cc1)Nc1ccccc1[N+](=O)[O-]. The topological polar surface area (TPSA) is 140 Å². The fraction of sp³-hybridized carbons (Fsp3) is 0. The Hall–Kier alpha value is -4.90. The molecule has 0 aromatic heterocycles. The second kappa shape index (κ2) is 10.6. The number of nitro groups is 1. The van der Waals surface area contributed by atoms with Crippen LogP contribution in [0.5, 0.6) is 11.5 Å². The first-order valence-electron chi connectivity index (χ1n) is 10.6. The molecule has 11 heteroatoms. The summed E-state index contributed by atoms with van der Waals surface area (Å²) in [5.41, 5.74) is 0.447. The summed E-state index contributed by atoms with van der Waals surface area (Å²) >= 11 is 0. The third-order valence-electron chi connectivity index (χ3n) is 4.86. The maximum Gasteiger partial charge on any atom is 0.323 e. The van der Waals surface area contributed by atoms with Crippen molar-refractivity contribution in [3.8, 4) is 11.5 Å². The molecule has 4 aromatic rings. The van der Waals surface area contributed by atoms with Gasteiger partial charge in [0, 0.05) is 17.4 Å². The van der Waals surface area contributed by atoms with Crippen molar-refractivity contribution in [2.45, 2.75) is 4.90 Å². The largest absolute Gasteiger partial charge is 0.457 e. The minimum absolute atomic E-state index is 0.0459. The van der Waals surface area contributed by atoms with Crippen molar-refractivity contribution in [3.05, 3.63) is 113 Å². The van der Waals surface area contributed by atoms with E-state index in [-0.39, 0.29) is 22.0 Å². The Labute approximate surface area is 206 Å². The van der Waals surface area contributed by atoms with Gasteiger partial charge in [0.15, 0.2) is 0 Å². The molecule has 10 nitrogen and oxygen atoms in total. The molecule has 0 saturated heterocycles. The van der Waals surface area contributed by atoms with Crippen LogP contribution >= 0.6 is 0 Å². The summed E-state index contributed by atoms with van der Waals surface area (Å²) in [6, 6.07) is 26.1. The van der Waals surface area contributed by atoms with E-state index < -0.39 is 21.0 Å².